The number of nitrogens with zero attached hydrogens (tertiary/aromatic N) is 4. The molecule has 0 saturated heterocycles. The molecule has 0 radical (unpaired) electrons. The van der Waals surface area contributed by atoms with E-state index in [1.807, 2.05) is 19.0 Å². The Balaban J connectivity index is 1.20. The predicted molar refractivity (Wildman–Crippen MR) is 126 cm³/mol. The highest BCUT2D eigenvalue weighted by atomic mass is 16.6. The fourth-order valence-electron chi connectivity index (χ4n) is 7.62. The fourth-order valence-corrected chi connectivity index (χ4v) is 7.62. The van der Waals surface area contributed by atoms with Crippen LogP contribution in [0.5, 0.6) is 0 Å². The first-order valence-corrected chi connectivity index (χ1v) is 12.8. The van der Waals surface area contributed by atoms with Crippen molar-refractivity contribution in [3.05, 3.63) is 23.4 Å². The van der Waals surface area contributed by atoms with Crippen molar-refractivity contribution < 1.29 is 14.5 Å². The van der Waals surface area contributed by atoms with Gasteiger partial charge in [0.25, 0.3) is 0 Å². The van der Waals surface area contributed by atoms with Crippen molar-refractivity contribution in [3.63, 3.8) is 0 Å². The Kier molecular flexibility index (Phi) is 6.15. The van der Waals surface area contributed by atoms with Gasteiger partial charge in [-0.25, -0.2) is 0 Å². The zero-order chi connectivity index (χ0) is 23.2. The molecule has 182 valence electrons. The number of aliphatic hydroxyl groups excluding tert-OH is 1. The van der Waals surface area contributed by atoms with E-state index in [0.717, 1.165) is 43.2 Å². The van der Waals surface area contributed by atoms with Crippen LogP contribution >= 0.6 is 0 Å². The van der Waals surface area contributed by atoms with Gasteiger partial charge in [-0.3, -0.25) is 0 Å². The lowest BCUT2D eigenvalue weighted by Crippen LogP contribution is -2.51. The van der Waals surface area contributed by atoms with Crippen molar-refractivity contribution in [2.75, 3.05) is 20.7 Å². The standard InChI is InChI=1S/C26H40N4O3/c1-25-12-9-18(28-32-14-11-24-27-23(29-33-24)16-30(3)4)15-17(25)5-6-19-20-7-8-22(31)26(20,2)13-10-21(19)25/h15,19-22,31H,5-14,16H2,1-4H3/b28-18-/t19?,20?,21?,22-,25-,26-/m0/s1. The molecular formula is C26H40N4O3. The van der Waals surface area contributed by atoms with E-state index in [4.69, 9.17) is 9.36 Å². The van der Waals surface area contributed by atoms with Gasteiger partial charge < -0.3 is 19.4 Å². The van der Waals surface area contributed by atoms with E-state index in [9.17, 15) is 5.11 Å². The summed E-state index contributed by atoms with van der Waals surface area (Å²) in [5.74, 6) is 3.51. The highest BCUT2D eigenvalue weighted by molar-refractivity contribution is 5.96. The Hall–Kier alpha value is -1.73. The summed E-state index contributed by atoms with van der Waals surface area (Å²) < 4.78 is 5.29. The maximum atomic E-state index is 10.7. The highest BCUT2D eigenvalue weighted by Gasteiger charge is 2.58. The van der Waals surface area contributed by atoms with Crippen LogP contribution in [0.4, 0.5) is 0 Å². The lowest BCUT2D eigenvalue weighted by atomic mass is 9.47. The number of oxime groups is 1. The lowest BCUT2D eigenvalue weighted by molar-refractivity contribution is -0.0722. The molecule has 7 nitrogen and oxygen atoms in total. The van der Waals surface area contributed by atoms with Gasteiger partial charge in [-0.05, 0) is 100 Å². The monoisotopic (exact) mass is 456 g/mol. The normalized spacial score (nSPS) is 39.2. The molecule has 0 bridgehead atoms. The minimum atomic E-state index is -0.0952. The van der Waals surface area contributed by atoms with Crippen LogP contribution in [0.25, 0.3) is 0 Å². The number of allylic oxidation sites excluding steroid dienone is 2. The molecule has 3 unspecified atom stereocenters. The first kappa shape index (κ1) is 23.0. The summed E-state index contributed by atoms with van der Waals surface area (Å²) in [6, 6.07) is 0. The molecule has 1 aromatic rings. The second kappa shape index (κ2) is 8.81. The van der Waals surface area contributed by atoms with Gasteiger partial charge in [-0.15, -0.1) is 0 Å². The zero-order valence-electron chi connectivity index (χ0n) is 20.7. The Bertz CT molecular complexity index is 924. The average Bonchev–Trinajstić information content (AvgIpc) is 3.34. The molecule has 1 aromatic heterocycles. The third kappa shape index (κ3) is 4.16. The van der Waals surface area contributed by atoms with Gasteiger partial charge in [0.2, 0.25) is 5.89 Å². The first-order valence-electron chi connectivity index (χ1n) is 12.8. The third-order valence-electron chi connectivity index (χ3n) is 9.48. The molecule has 33 heavy (non-hydrogen) atoms. The van der Waals surface area contributed by atoms with E-state index in [1.54, 1.807) is 5.57 Å². The number of hydrogen-bond acceptors (Lipinski definition) is 7. The molecular weight excluding hydrogens is 416 g/mol. The van der Waals surface area contributed by atoms with Crippen molar-refractivity contribution in [1.29, 1.82) is 0 Å². The SMILES string of the molecule is CN(C)Cc1noc(CCO/N=C2\C=C3CCC4C(CC[C@@]5(C)C4CC[C@@H]5O)[C@@]3(C)CC2)n1. The zero-order valence-corrected chi connectivity index (χ0v) is 20.7. The van der Waals surface area contributed by atoms with Crippen LogP contribution in [0, 0.1) is 28.6 Å². The Labute approximate surface area is 197 Å². The number of aliphatic hydroxyl groups is 1. The second-order valence-corrected chi connectivity index (χ2v) is 11.6. The van der Waals surface area contributed by atoms with Crippen LogP contribution in [-0.4, -0.2) is 52.7 Å². The van der Waals surface area contributed by atoms with Crippen LogP contribution in [0.3, 0.4) is 0 Å². The average molecular weight is 457 g/mol. The predicted octanol–water partition coefficient (Wildman–Crippen LogP) is 4.37. The summed E-state index contributed by atoms with van der Waals surface area (Å²) in [7, 11) is 3.96. The molecule has 4 aliphatic rings. The minimum Gasteiger partial charge on any atom is -0.395 e. The summed E-state index contributed by atoms with van der Waals surface area (Å²) in [4.78, 5) is 12.1. The number of fused-ring (bicyclic) bond motifs is 5. The van der Waals surface area contributed by atoms with Gasteiger partial charge in [-0.1, -0.05) is 29.7 Å². The van der Waals surface area contributed by atoms with Gasteiger partial charge in [0.05, 0.1) is 24.8 Å². The van der Waals surface area contributed by atoms with Gasteiger partial charge in [0, 0.05) is 0 Å². The third-order valence-corrected chi connectivity index (χ3v) is 9.48. The van der Waals surface area contributed by atoms with Crippen molar-refractivity contribution in [1.82, 2.24) is 15.0 Å². The largest absolute Gasteiger partial charge is 0.395 e. The van der Waals surface area contributed by atoms with Gasteiger partial charge in [0.15, 0.2) is 5.82 Å². The summed E-state index contributed by atoms with van der Waals surface area (Å²) in [5, 5.41) is 19.1. The molecule has 0 spiro atoms. The lowest BCUT2D eigenvalue weighted by Gasteiger charge is -2.57. The molecule has 5 rings (SSSR count). The van der Waals surface area contributed by atoms with Crippen LogP contribution in [-0.2, 0) is 17.8 Å². The van der Waals surface area contributed by atoms with Gasteiger partial charge >= 0.3 is 0 Å². The van der Waals surface area contributed by atoms with Crippen molar-refractivity contribution in [2.45, 2.75) is 84.3 Å². The molecule has 7 heteroatoms. The van der Waals surface area contributed by atoms with Gasteiger partial charge in [0.1, 0.15) is 6.61 Å². The molecule has 0 amide bonds. The van der Waals surface area contributed by atoms with Crippen molar-refractivity contribution >= 4 is 5.71 Å². The van der Waals surface area contributed by atoms with Crippen molar-refractivity contribution in [3.8, 4) is 0 Å². The topological polar surface area (TPSA) is 84.0 Å². The van der Waals surface area contributed by atoms with E-state index in [0.29, 0.717) is 37.2 Å². The molecule has 3 saturated carbocycles. The second-order valence-electron chi connectivity index (χ2n) is 11.6. The summed E-state index contributed by atoms with van der Waals surface area (Å²) in [5.41, 5.74) is 3.07. The maximum Gasteiger partial charge on any atom is 0.230 e. The number of rotatable bonds is 6. The molecule has 0 aromatic carbocycles. The summed E-state index contributed by atoms with van der Waals surface area (Å²) >= 11 is 0. The molecule has 6 atom stereocenters. The maximum absolute atomic E-state index is 10.7. The molecule has 0 aliphatic heterocycles. The Morgan fingerprint density at radius 3 is 2.82 bits per heavy atom. The van der Waals surface area contributed by atoms with Crippen LogP contribution < -0.4 is 0 Å². The quantitative estimate of drug-likeness (QED) is 0.505. The fraction of sp³-hybridized carbons (Fsp3) is 0.808. The van der Waals surface area contributed by atoms with Crippen LogP contribution in [0.2, 0.25) is 0 Å². The van der Waals surface area contributed by atoms with Gasteiger partial charge in [-0.2, -0.15) is 4.98 Å². The van der Waals surface area contributed by atoms with Crippen LogP contribution in [0.1, 0.15) is 76.9 Å². The first-order chi connectivity index (χ1) is 15.8. The van der Waals surface area contributed by atoms with E-state index in [2.05, 4.69) is 35.2 Å². The molecule has 1 heterocycles. The van der Waals surface area contributed by atoms with Crippen molar-refractivity contribution in [2.24, 2.45) is 33.7 Å². The summed E-state index contributed by atoms with van der Waals surface area (Å²) in [6.07, 6.45) is 12.0. The Morgan fingerprint density at radius 1 is 1.15 bits per heavy atom. The van der Waals surface area contributed by atoms with E-state index in [-0.39, 0.29) is 16.9 Å². The van der Waals surface area contributed by atoms with E-state index >= 15 is 0 Å². The number of hydrogen-bond donors (Lipinski definition) is 1. The van der Waals surface area contributed by atoms with E-state index in [1.165, 1.54) is 25.7 Å². The number of aromatic nitrogens is 2. The summed E-state index contributed by atoms with van der Waals surface area (Å²) in [6.45, 7) is 5.98. The van der Waals surface area contributed by atoms with E-state index < -0.39 is 0 Å². The van der Waals surface area contributed by atoms with Crippen LogP contribution in [0.15, 0.2) is 21.3 Å². The molecule has 3 fully saturated rings. The minimum absolute atomic E-state index is 0.0952. The Morgan fingerprint density at radius 2 is 2.00 bits per heavy atom. The molecule has 1 N–H and O–H groups in total. The smallest absolute Gasteiger partial charge is 0.230 e. The molecule has 4 aliphatic carbocycles. The highest BCUT2D eigenvalue weighted by Crippen LogP contribution is 2.65.